The van der Waals surface area contributed by atoms with Gasteiger partial charge >= 0.3 is 0 Å². The van der Waals surface area contributed by atoms with Crippen molar-refractivity contribution in [3.63, 3.8) is 0 Å². The maximum atomic E-state index is 12.3. The normalized spacial score (nSPS) is 15.2. The maximum Gasteiger partial charge on any atom is 0.270 e. The Bertz CT molecular complexity index is 669. The van der Waals surface area contributed by atoms with Crippen LogP contribution in [0.2, 0.25) is 0 Å². The third-order valence-electron chi connectivity index (χ3n) is 3.96. The molecular weight excluding hydrogens is 356 g/mol. The number of benzene rings is 1. The van der Waals surface area contributed by atoms with Gasteiger partial charge < -0.3 is 10.6 Å². The number of aromatic nitrogens is 2. The minimum atomic E-state index is -0.127. The molecule has 0 unspecified atom stereocenters. The van der Waals surface area contributed by atoms with Crippen molar-refractivity contribution in [2.24, 2.45) is 0 Å². The quantitative estimate of drug-likeness (QED) is 0.846. The minimum Gasteiger partial charge on any atom is -0.348 e. The number of halogens is 1. The molecule has 1 saturated carbocycles. The number of anilines is 2. The lowest BCUT2D eigenvalue weighted by Crippen LogP contribution is -2.36. The summed E-state index contributed by atoms with van der Waals surface area (Å²) in [5.74, 6) is 0.481. The molecule has 1 aliphatic carbocycles. The van der Waals surface area contributed by atoms with E-state index in [1.54, 1.807) is 6.07 Å². The topological polar surface area (TPSA) is 66.9 Å². The molecule has 120 valence electrons. The van der Waals surface area contributed by atoms with Gasteiger partial charge in [0.05, 0.1) is 0 Å². The molecule has 0 aliphatic heterocycles. The maximum absolute atomic E-state index is 12.3. The van der Waals surface area contributed by atoms with Crippen LogP contribution in [0.4, 0.5) is 11.5 Å². The Labute approximate surface area is 144 Å². The highest BCUT2D eigenvalue weighted by Crippen LogP contribution is 2.19. The van der Waals surface area contributed by atoms with Crippen molar-refractivity contribution in [2.75, 3.05) is 5.32 Å². The Kier molecular flexibility index (Phi) is 5.23. The first-order valence-electron chi connectivity index (χ1n) is 7.86. The number of hydrogen-bond donors (Lipinski definition) is 2. The molecule has 5 nitrogen and oxygen atoms in total. The molecule has 0 atom stereocenters. The van der Waals surface area contributed by atoms with Crippen LogP contribution in [-0.2, 0) is 0 Å². The number of carbonyl (C=O) groups is 1. The summed E-state index contributed by atoms with van der Waals surface area (Å²) in [5, 5.41) is 6.25. The van der Waals surface area contributed by atoms with Crippen molar-refractivity contribution >= 4 is 33.3 Å². The predicted octanol–water partition coefficient (Wildman–Crippen LogP) is 4.05. The summed E-state index contributed by atoms with van der Waals surface area (Å²) in [4.78, 5) is 20.6. The van der Waals surface area contributed by atoms with Gasteiger partial charge in [0.1, 0.15) is 17.8 Å². The summed E-state index contributed by atoms with van der Waals surface area (Å²) < 4.78 is 1.01. The summed E-state index contributed by atoms with van der Waals surface area (Å²) in [6.07, 6.45) is 7.16. The van der Waals surface area contributed by atoms with Crippen LogP contribution in [-0.4, -0.2) is 21.9 Å². The number of nitrogens with one attached hydrogen (secondary N) is 2. The second-order valence-electron chi connectivity index (χ2n) is 5.73. The third kappa shape index (κ3) is 4.51. The van der Waals surface area contributed by atoms with Crippen LogP contribution in [0.25, 0.3) is 0 Å². The minimum absolute atomic E-state index is 0.127. The lowest BCUT2D eigenvalue weighted by Gasteiger charge is -2.22. The van der Waals surface area contributed by atoms with Crippen molar-refractivity contribution in [1.29, 1.82) is 0 Å². The molecule has 1 fully saturated rings. The predicted molar refractivity (Wildman–Crippen MR) is 93.8 cm³/mol. The first kappa shape index (κ1) is 15.9. The molecule has 2 aromatic rings. The fraction of sp³-hybridized carbons (Fsp3) is 0.353. The van der Waals surface area contributed by atoms with E-state index in [1.165, 1.54) is 25.6 Å². The molecule has 0 spiro atoms. The second-order valence-corrected chi connectivity index (χ2v) is 6.64. The Hall–Kier alpha value is -1.95. The monoisotopic (exact) mass is 374 g/mol. The summed E-state index contributed by atoms with van der Waals surface area (Å²) >= 11 is 3.40. The molecule has 6 heteroatoms. The second kappa shape index (κ2) is 7.55. The van der Waals surface area contributed by atoms with Gasteiger partial charge in [-0.3, -0.25) is 4.79 Å². The van der Waals surface area contributed by atoms with Crippen LogP contribution in [0.15, 0.2) is 41.1 Å². The van der Waals surface area contributed by atoms with Gasteiger partial charge in [-0.1, -0.05) is 35.2 Å². The van der Waals surface area contributed by atoms with Crippen LogP contribution in [0, 0.1) is 0 Å². The van der Waals surface area contributed by atoms with Gasteiger partial charge in [-0.05, 0) is 37.1 Å². The summed E-state index contributed by atoms with van der Waals surface area (Å²) in [6, 6.07) is 9.72. The van der Waals surface area contributed by atoms with Crippen molar-refractivity contribution in [2.45, 2.75) is 38.1 Å². The summed E-state index contributed by atoms with van der Waals surface area (Å²) in [5.41, 5.74) is 1.30. The van der Waals surface area contributed by atoms with Gasteiger partial charge in [0.2, 0.25) is 0 Å². The molecule has 0 radical (unpaired) electrons. The average molecular weight is 375 g/mol. The van der Waals surface area contributed by atoms with E-state index in [9.17, 15) is 4.79 Å². The standard InChI is InChI=1S/C17H19BrN4O/c18-12-6-8-14(9-7-12)21-16-10-15(19-11-20-16)17(23)22-13-4-2-1-3-5-13/h6-11,13H,1-5H2,(H,22,23)(H,19,20,21). The van der Waals surface area contributed by atoms with Crippen molar-refractivity contribution in [3.8, 4) is 0 Å². The molecule has 1 aliphatic rings. The average Bonchev–Trinajstić information content (AvgIpc) is 2.58. The Balaban J connectivity index is 1.66. The Morgan fingerprint density at radius 3 is 2.57 bits per heavy atom. The zero-order valence-corrected chi connectivity index (χ0v) is 14.3. The van der Waals surface area contributed by atoms with E-state index in [0.717, 1.165) is 23.0 Å². The van der Waals surface area contributed by atoms with Gasteiger partial charge in [0, 0.05) is 22.3 Å². The van der Waals surface area contributed by atoms with E-state index in [4.69, 9.17) is 0 Å². The Morgan fingerprint density at radius 2 is 1.83 bits per heavy atom. The van der Waals surface area contributed by atoms with Gasteiger partial charge in [-0.15, -0.1) is 0 Å². The van der Waals surface area contributed by atoms with Gasteiger partial charge in [0.15, 0.2) is 0 Å². The van der Waals surface area contributed by atoms with Crippen molar-refractivity contribution in [3.05, 3.63) is 46.8 Å². The van der Waals surface area contributed by atoms with E-state index in [0.29, 0.717) is 11.5 Å². The van der Waals surface area contributed by atoms with Gasteiger partial charge in [-0.25, -0.2) is 9.97 Å². The zero-order valence-electron chi connectivity index (χ0n) is 12.8. The molecule has 0 saturated heterocycles. The van der Waals surface area contributed by atoms with E-state index >= 15 is 0 Å². The van der Waals surface area contributed by atoms with Crippen LogP contribution in [0.3, 0.4) is 0 Å². The highest BCUT2D eigenvalue weighted by atomic mass is 79.9. The van der Waals surface area contributed by atoms with Gasteiger partial charge in [-0.2, -0.15) is 0 Å². The highest BCUT2D eigenvalue weighted by Gasteiger charge is 2.17. The largest absolute Gasteiger partial charge is 0.348 e. The number of hydrogen-bond acceptors (Lipinski definition) is 4. The lowest BCUT2D eigenvalue weighted by atomic mass is 9.95. The third-order valence-corrected chi connectivity index (χ3v) is 4.49. The Morgan fingerprint density at radius 1 is 1.09 bits per heavy atom. The lowest BCUT2D eigenvalue weighted by molar-refractivity contribution is 0.0922. The van der Waals surface area contributed by atoms with Crippen LogP contribution in [0.5, 0.6) is 0 Å². The first-order valence-corrected chi connectivity index (χ1v) is 8.65. The van der Waals surface area contributed by atoms with Crippen molar-refractivity contribution in [1.82, 2.24) is 15.3 Å². The molecular formula is C17H19BrN4O. The number of nitrogens with zero attached hydrogens (tertiary/aromatic N) is 2. The molecule has 1 amide bonds. The smallest absolute Gasteiger partial charge is 0.270 e. The van der Waals surface area contributed by atoms with E-state index < -0.39 is 0 Å². The molecule has 1 heterocycles. The number of rotatable bonds is 4. The van der Waals surface area contributed by atoms with E-state index in [-0.39, 0.29) is 11.9 Å². The molecule has 3 rings (SSSR count). The first-order chi connectivity index (χ1) is 11.2. The molecule has 1 aromatic heterocycles. The zero-order chi connectivity index (χ0) is 16.1. The van der Waals surface area contributed by atoms with Gasteiger partial charge in [0.25, 0.3) is 5.91 Å². The molecule has 2 N–H and O–H groups in total. The molecule has 23 heavy (non-hydrogen) atoms. The van der Waals surface area contributed by atoms with Crippen molar-refractivity contribution < 1.29 is 4.79 Å². The van der Waals surface area contributed by atoms with E-state index in [1.807, 2.05) is 24.3 Å². The SMILES string of the molecule is O=C(NC1CCCCC1)c1cc(Nc2ccc(Br)cc2)ncn1. The van der Waals surface area contributed by atoms with E-state index in [2.05, 4.69) is 36.5 Å². The number of amides is 1. The van der Waals surface area contributed by atoms with Crippen LogP contribution in [0.1, 0.15) is 42.6 Å². The fourth-order valence-corrected chi connectivity index (χ4v) is 3.00. The summed E-state index contributed by atoms with van der Waals surface area (Å²) in [6.45, 7) is 0. The van der Waals surface area contributed by atoms with Crippen LogP contribution >= 0.6 is 15.9 Å². The summed E-state index contributed by atoms with van der Waals surface area (Å²) in [7, 11) is 0. The number of carbonyl (C=O) groups excluding carboxylic acids is 1. The molecule has 1 aromatic carbocycles. The highest BCUT2D eigenvalue weighted by molar-refractivity contribution is 9.10. The van der Waals surface area contributed by atoms with Crippen LogP contribution < -0.4 is 10.6 Å². The fourth-order valence-electron chi connectivity index (χ4n) is 2.74. The molecule has 0 bridgehead atoms.